The van der Waals surface area contributed by atoms with Crippen molar-refractivity contribution in [3.8, 4) is 5.75 Å². The van der Waals surface area contributed by atoms with E-state index in [4.69, 9.17) is 10.5 Å². The molecule has 138 valence electrons. The maximum Gasteiger partial charge on any atom is 0.255 e. The molecule has 1 heterocycles. The lowest BCUT2D eigenvalue weighted by Gasteiger charge is -2.43. The zero-order chi connectivity index (χ0) is 18.4. The minimum Gasteiger partial charge on any atom is -0.484 e. The number of likely N-dealkylation sites (tertiary alicyclic amines) is 1. The molecule has 0 radical (unpaired) electrons. The van der Waals surface area contributed by atoms with E-state index in [-0.39, 0.29) is 18.1 Å². The maximum atomic E-state index is 12.5. The average molecular weight is 347 g/mol. The molecule has 0 aliphatic carbocycles. The number of benzene rings is 1. The van der Waals surface area contributed by atoms with Gasteiger partial charge < -0.3 is 15.8 Å². The molecule has 1 aromatic carbocycles. The summed E-state index contributed by atoms with van der Waals surface area (Å²) in [6.45, 7) is 9.12. The molecule has 3 N–H and O–H groups in total. The highest BCUT2D eigenvalue weighted by molar-refractivity contribution is 5.94. The molecule has 0 saturated carbocycles. The lowest BCUT2D eigenvalue weighted by molar-refractivity contribution is -0.119. The van der Waals surface area contributed by atoms with E-state index in [1.54, 1.807) is 24.3 Å². The Morgan fingerprint density at radius 3 is 2.84 bits per heavy atom. The second-order valence-electron chi connectivity index (χ2n) is 7.47. The lowest BCUT2D eigenvalue weighted by atomic mass is 9.93. The molecule has 0 bridgehead atoms. The Hall–Kier alpha value is -2.08. The summed E-state index contributed by atoms with van der Waals surface area (Å²) in [4.78, 5) is 25.7. The smallest absolute Gasteiger partial charge is 0.255 e. The highest BCUT2D eigenvalue weighted by Crippen LogP contribution is 2.23. The zero-order valence-electron chi connectivity index (χ0n) is 15.4. The average Bonchev–Trinajstić information content (AvgIpc) is 2.58. The van der Waals surface area contributed by atoms with Gasteiger partial charge in [0, 0.05) is 24.2 Å². The molecule has 0 spiro atoms. The standard InChI is InChI=1S/C19H29N3O3/c1-14-6-5-9-22(11-14)19(2,3)13-21-18(24)15-7-4-8-16(10-15)25-12-17(20)23/h4,7-8,10,14H,5-6,9,11-13H2,1-3H3,(H2,20,23)(H,21,24). The summed E-state index contributed by atoms with van der Waals surface area (Å²) in [5.74, 6) is 0.452. The Labute approximate surface area is 149 Å². The van der Waals surface area contributed by atoms with Crippen molar-refractivity contribution in [1.82, 2.24) is 10.2 Å². The number of hydrogen-bond acceptors (Lipinski definition) is 4. The van der Waals surface area contributed by atoms with Crippen LogP contribution in [0.25, 0.3) is 0 Å². The van der Waals surface area contributed by atoms with Crippen molar-refractivity contribution in [1.29, 1.82) is 0 Å². The minimum atomic E-state index is -0.549. The topological polar surface area (TPSA) is 84.7 Å². The second kappa shape index (κ2) is 8.34. The third-order valence-electron chi connectivity index (χ3n) is 4.67. The fraction of sp³-hybridized carbons (Fsp3) is 0.579. The molecule has 2 rings (SSSR count). The largest absolute Gasteiger partial charge is 0.484 e. The summed E-state index contributed by atoms with van der Waals surface area (Å²) >= 11 is 0. The molecule has 1 aliphatic rings. The molecule has 2 amide bonds. The Kier molecular flexibility index (Phi) is 6.42. The molecule has 0 aromatic heterocycles. The van der Waals surface area contributed by atoms with E-state index in [1.165, 1.54) is 12.8 Å². The molecular formula is C19H29N3O3. The van der Waals surface area contributed by atoms with Gasteiger partial charge in [0.1, 0.15) is 5.75 Å². The predicted octanol–water partition coefficient (Wildman–Crippen LogP) is 1.79. The van der Waals surface area contributed by atoms with Gasteiger partial charge in [0.05, 0.1) is 0 Å². The quantitative estimate of drug-likeness (QED) is 0.787. The number of nitrogens with two attached hydrogens (primary N) is 1. The molecule has 6 nitrogen and oxygen atoms in total. The van der Waals surface area contributed by atoms with E-state index in [2.05, 4.69) is 31.0 Å². The number of carbonyl (C=O) groups is 2. The van der Waals surface area contributed by atoms with Crippen LogP contribution in [0.2, 0.25) is 0 Å². The molecule has 1 unspecified atom stereocenters. The van der Waals surface area contributed by atoms with Gasteiger partial charge in [-0.3, -0.25) is 14.5 Å². The highest BCUT2D eigenvalue weighted by atomic mass is 16.5. The van der Waals surface area contributed by atoms with E-state index < -0.39 is 5.91 Å². The van der Waals surface area contributed by atoms with Gasteiger partial charge in [-0.15, -0.1) is 0 Å². The van der Waals surface area contributed by atoms with Gasteiger partial charge in [0.25, 0.3) is 11.8 Å². The molecular weight excluding hydrogens is 318 g/mol. The van der Waals surface area contributed by atoms with E-state index in [0.717, 1.165) is 13.1 Å². The molecule has 25 heavy (non-hydrogen) atoms. The van der Waals surface area contributed by atoms with Crippen LogP contribution < -0.4 is 15.8 Å². The van der Waals surface area contributed by atoms with Gasteiger partial charge in [-0.1, -0.05) is 13.0 Å². The molecule has 1 saturated heterocycles. The van der Waals surface area contributed by atoms with Crippen LogP contribution in [0.1, 0.15) is 44.0 Å². The lowest BCUT2D eigenvalue weighted by Crippen LogP contribution is -2.54. The summed E-state index contributed by atoms with van der Waals surface area (Å²) in [7, 11) is 0. The summed E-state index contributed by atoms with van der Waals surface area (Å²) < 4.78 is 5.25. The van der Waals surface area contributed by atoms with Crippen molar-refractivity contribution in [2.75, 3.05) is 26.2 Å². The molecule has 1 atom stereocenters. The third kappa shape index (κ3) is 5.74. The second-order valence-corrected chi connectivity index (χ2v) is 7.47. The van der Waals surface area contributed by atoms with Crippen LogP contribution in [0.4, 0.5) is 0 Å². The fourth-order valence-electron chi connectivity index (χ4n) is 3.13. The number of ether oxygens (including phenoxy) is 1. The first-order valence-electron chi connectivity index (χ1n) is 8.82. The number of primary amides is 1. The van der Waals surface area contributed by atoms with Gasteiger partial charge in [-0.05, 0) is 57.4 Å². The maximum absolute atomic E-state index is 12.5. The fourth-order valence-corrected chi connectivity index (χ4v) is 3.13. The highest BCUT2D eigenvalue weighted by Gasteiger charge is 2.30. The molecule has 1 aromatic rings. The van der Waals surface area contributed by atoms with E-state index in [0.29, 0.717) is 23.8 Å². The zero-order valence-corrected chi connectivity index (χ0v) is 15.4. The summed E-state index contributed by atoms with van der Waals surface area (Å²) in [5, 5.41) is 3.02. The van der Waals surface area contributed by atoms with E-state index in [1.807, 2.05) is 0 Å². The van der Waals surface area contributed by atoms with Crippen molar-refractivity contribution in [2.45, 2.75) is 39.2 Å². The van der Waals surface area contributed by atoms with Gasteiger partial charge in [0.15, 0.2) is 6.61 Å². The predicted molar refractivity (Wildman–Crippen MR) is 97.5 cm³/mol. The molecule has 1 aliphatic heterocycles. The van der Waals surface area contributed by atoms with Crippen LogP contribution in [0.5, 0.6) is 5.75 Å². The van der Waals surface area contributed by atoms with Crippen molar-refractivity contribution >= 4 is 11.8 Å². The number of hydrogen-bond donors (Lipinski definition) is 2. The van der Waals surface area contributed by atoms with Crippen LogP contribution in [0.15, 0.2) is 24.3 Å². The van der Waals surface area contributed by atoms with Crippen molar-refractivity contribution in [2.24, 2.45) is 11.7 Å². The number of carbonyl (C=O) groups excluding carboxylic acids is 2. The van der Waals surface area contributed by atoms with Crippen LogP contribution in [0, 0.1) is 5.92 Å². The van der Waals surface area contributed by atoms with Gasteiger partial charge in [-0.2, -0.15) is 0 Å². The summed E-state index contributed by atoms with van der Waals surface area (Å²) in [6, 6.07) is 6.76. The number of amides is 2. The number of piperidine rings is 1. The van der Waals surface area contributed by atoms with Gasteiger partial charge in [-0.25, -0.2) is 0 Å². The number of rotatable bonds is 7. The van der Waals surface area contributed by atoms with Crippen LogP contribution >= 0.6 is 0 Å². The number of nitrogens with zero attached hydrogens (tertiary/aromatic N) is 1. The van der Waals surface area contributed by atoms with Gasteiger partial charge >= 0.3 is 0 Å². The minimum absolute atomic E-state index is 0.0928. The Bertz CT molecular complexity index is 616. The Balaban J connectivity index is 1.92. The van der Waals surface area contributed by atoms with Crippen LogP contribution in [0.3, 0.4) is 0 Å². The SMILES string of the molecule is CC1CCCN(C(C)(C)CNC(=O)c2cccc(OCC(N)=O)c2)C1. The van der Waals surface area contributed by atoms with E-state index in [9.17, 15) is 9.59 Å². The van der Waals surface area contributed by atoms with Gasteiger partial charge in [0.2, 0.25) is 0 Å². The van der Waals surface area contributed by atoms with Crippen molar-refractivity contribution in [3.63, 3.8) is 0 Å². The van der Waals surface area contributed by atoms with Crippen LogP contribution in [-0.4, -0.2) is 48.5 Å². The Morgan fingerprint density at radius 1 is 1.40 bits per heavy atom. The van der Waals surface area contributed by atoms with Crippen molar-refractivity contribution < 1.29 is 14.3 Å². The first kappa shape index (κ1) is 19.2. The summed E-state index contributed by atoms with van der Waals surface area (Å²) in [6.07, 6.45) is 2.48. The van der Waals surface area contributed by atoms with Crippen molar-refractivity contribution in [3.05, 3.63) is 29.8 Å². The Morgan fingerprint density at radius 2 is 2.16 bits per heavy atom. The first-order valence-corrected chi connectivity index (χ1v) is 8.82. The molecule has 6 heteroatoms. The summed E-state index contributed by atoms with van der Waals surface area (Å²) in [5.41, 5.74) is 5.48. The molecule has 1 fully saturated rings. The van der Waals surface area contributed by atoms with Crippen LogP contribution in [-0.2, 0) is 4.79 Å². The van der Waals surface area contributed by atoms with E-state index >= 15 is 0 Å². The third-order valence-corrected chi connectivity index (χ3v) is 4.67. The number of nitrogens with one attached hydrogen (secondary N) is 1. The first-order chi connectivity index (χ1) is 11.8. The normalized spacial score (nSPS) is 18.6. The monoisotopic (exact) mass is 347 g/mol.